The van der Waals surface area contributed by atoms with Crippen molar-refractivity contribution in [3.63, 3.8) is 0 Å². The third-order valence-corrected chi connectivity index (χ3v) is 21.6. The Hall–Kier alpha value is -1.18. The fraction of sp³-hybridized carbons (Fsp3) is 0.737. The first-order valence-corrected chi connectivity index (χ1v) is 63.8. The summed E-state index contributed by atoms with van der Waals surface area (Å²) < 4.78 is 102. The monoisotopic (exact) mass is 1310 g/mol. The summed E-state index contributed by atoms with van der Waals surface area (Å²) in [6.45, 7) is 65.6. The molecular weight excluding hydrogens is 1210 g/mol. The van der Waals surface area contributed by atoms with E-state index in [2.05, 4.69) is 196 Å². The fourth-order valence-corrected chi connectivity index (χ4v) is 19.2. The molecule has 1 aromatic heterocycles. The normalized spacial score (nSPS) is 25.1. The predicted molar refractivity (Wildman–Crippen MR) is 361 cm³/mol. The molecule has 5 rings (SSSR count). The summed E-state index contributed by atoms with van der Waals surface area (Å²) in [6, 6.07) is 11.1. The van der Waals surface area contributed by atoms with Gasteiger partial charge in [-0.2, -0.15) is 0 Å². The van der Waals surface area contributed by atoms with Crippen molar-refractivity contribution in [2.75, 3.05) is 13.2 Å². The van der Waals surface area contributed by atoms with Gasteiger partial charge in [-0.05, 0) is 221 Å². The Labute approximate surface area is 505 Å². The number of hydrogen-bond donors (Lipinski definition) is 0. The summed E-state index contributed by atoms with van der Waals surface area (Å²) in [4.78, 5) is 15.5. The van der Waals surface area contributed by atoms with Crippen molar-refractivity contribution in [2.24, 2.45) is 0 Å². The minimum absolute atomic E-state index is 0.235. The third-order valence-electron chi connectivity index (χ3n) is 12.0. The summed E-state index contributed by atoms with van der Waals surface area (Å²) in [7, 11) is -23.3. The second kappa shape index (κ2) is 26.1. The van der Waals surface area contributed by atoms with Crippen molar-refractivity contribution in [1.82, 2.24) is 0 Å². The van der Waals surface area contributed by atoms with Gasteiger partial charge in [-0.25, -0.2) is 0 Å². The highest BCUT2D eigenvalue weighted by Gasteiger charge is 2.56. The lowest BCUT2D eigenvalue weighted by Crippen LogP contribution is -2.67. The van der Waals surface area contributed by atoms with Gasteiger partial charge in [0.05, 0.1) is 18.8 Å². The highest BCUT2D eigenvalue weighted by molar-refractivity contribution is 6.73. The van der Waals surface area contributed by atoms with Crippen LogP contribution in [0.5, 0.6) is 17.2 Å². The molecule has 0 radical (unpaired) electrons. The van der Waals surface area contributed by atoms with Crippen molar-refractivity contribution in [2.45, 2.75) is 258 Å². The third kappa shape index (κ3) is 22.8. The summed E-state index contributed by atoms with van der Waals surface area (Å²) >= 11 is 0. The largest absolute Gasteiger partial charge is 0.544 e. The second-order valence-electron chi connectivity index (χ2n) is 32.2. The molecule has 0 saturated carbocycles. The van der Waals surface area contributed by atoms with Gasteiger partial charge in [-0.1, -0.05) is 0 Å². The number of hydrogen-bond acceptors (Lipinski definition) is 15. The Balaban J connectivity index is 2.01. The molecule has 0 N–H and O–H groups in total. The van der Waals surface area contributed by atoms with Crippen LogP contribution in [0, 0.1) is 0 Å². The summed E-state index contributed by atoms with van der Waals surface area (Å²) in [5.41, 5.74) is 1.15. The molecule has 0 bridgehead atoms. The van der Waals surface area contributed by atoms with Crippen LogP contribution in [0.4, 0.5) is 0 Å². The second-order valence-corrected chi connectivity index (χ2v) is 76.8. The van der Waals surface area contributed by atoms with Crippen LogP contribution in [0.2, 0.25) is 196 Å². The van der Waals surface area contributed by atoms with Crippen LogP contribution in [0.15, 0.2) is 45.6 Å². The Kier molecular flexibility index (Phi) is 22.8. The van der Waals surface area contributed by atoms with E-state index >= 15 is 4.79 Å². The van der Waals surface area contributed by atoms with Gasteiger partial charge in [-0.3, -0.25) is 4.79 Å². The lowest BCUT2D eigenvalue weighted by molar-refractivity contribution is -0.266. The zero-order chi connectivity index (χ0) is 62.5. The van der Waals surface area contributed by atoms with E-state index in [0.29, 0.717) is 28.4 Å². The molecule has 25 heteroatoms. The van der Waals surface area contributed by atoms with Gasteiger partial charge < -0.3 is 62.9 Å². The van der Waals surface area contributed by atoms with E-state index in [9.17, 15) is 0 Å². The van der Waals surface area contributed by atoms with Gasteiger partial charge in [-0.15, -0.1) is 0 Å². The van der Waals surface area contributed by atoms with E-state index in [4.69, 9.17) is 62.9 Å². The molecular formula is C57H110O15Si10. The molecule has 2 aliphatic rings. The molecule has 0 amide bonds. The van der Waals surface area contributed by atoms with Crippen molar-refractivity contribution >= 4 is 94.1 Å². The summed E-state index contributed by atoms with van der Waals surface area (Å²) in [5, 5.41) is 0.255. The Bertz CT molecular complexity index is 2640. The van der Waals surface area contributed by atoms with E-state index < -0.39 is 144 Å². The lowest BCUT2D eigenvalue weighted by Gasteiger charge is -2.52. The van der Waals surface area contributed by atoms with Gasteiger partial charge in [0.1, 0.15) is 88.9 Å². The van der Waals surface area contributed by atoms with Crippen molar-refractivity contribution < 1.29 is 62.9 Å². The molecule has 3 aromatic rings. The van der Waals surface area contributed by atoms with Gasteiger partial charge >= 0.3 is 0 Å². The molecule has 0 spiro atoms. The van der Waals surface area contributed by atoms with Gasteiger partial charge in [0.25, 0.3) is 0 Å². The zero-order valence-electron chi connectivity index (χ0n) is 56.3. The number of ether oxygens (including phenoxy) is 3. The molecule has 2 aromatic carbocycles. The number of benzene rings is 2. The minimum atomic E-state index is -2.68. The van der Waals surface area contributed by atoms with Crippen LogP contribution in [-0.2, 0) is 44.9 Å². The molecule has 3 heterocycles. The van der Waals surface area contributed by atoms with E-state index in [0.717, 1.165) is 5.75 Å². The van der Waals surface area contributed by atoms with Gasteiger partial charge in [0.2, 0.25) is 22.9 Å². The average Bonchev–Trinajstić information content (AvgIpc) is 3.44. The molecule has 10 atom stereocenters. The SMILES string of the molecule is C[Si](C)(C)OC[C@H]1O[C@@H](c2c(O[C@@H]3O[C@H](CO[Si](C)(C)C)[C@@H](O[Si](C)(C)C)[C@H](O[Si](C)(C)C)[C@H]3O[Si](C)(C)C)cc3oc(-c4ccc(O[Si](C)(C)C)cc4)cc(=O)c3c2O[Si](C)(C)C)[C@H](O[Si](C)(C)C)[C@@H](O[Si](C)(C)C)[C@@H]1O[Si](C)(C)C. The minimum Gasteiger partial charge on any atom is -0.544 e. The first kappa shape index (κ1) is 71.6. The first-order valence-electron chi connectivity index (χ1n) is 29.7. The van der Waals surface area contributed by atoms with Crippen molar-refractivity contribution in [3.8, 4) is 28.6 Å². The lowest BCUT2D eigenvalue weighted by atomic mass is 9.89. The van der Waals surface area contributed by atoms with Crippen LogP contribution >= 0.6 is 0 Å². The van der Waals surface area contributed by atoms with Crippen molar-refractivity contribution in [1.29, 1.82) is 0 Å². The predicted octanol–water partition coefficient (Wildman–Crippen LogP) is 15.5. The number of rotatable bonds is 26. The van der Waals surface area contributed by atoms with E-state index in [1.165, 1.54) is 0 Å². The quantitative estimate of drug-likeness (QED) is 0.0701. The van der Waals surface area contributed by atoms with Crippen LogP contribution in [0.1, 0.15) is 11.7 Å². The topological polar surface area (TPSA) is 150 Å². The average molecular weight is 1320 g/mol. The molecule has 15 nitrogen and oxygen atoms in total. The maximum atomic E-state index is 15.5. The zero-order valence-corrected chi connectivity index (χ0v) is 66.3. The standard InChI is InChI=1S/C57H110O15Si10/c1-73(2,3)59-37-45-49(66-76(10,11)12)53(69-79(19,20)21)55(71-81(25,26)27)52(62-45)48-44(36-43-47(51(48)68-78(16,17)18)41(58)35-42(61-43)39-31-33-40(34-32-39)65-75(7,8)9)63-57-56(72-82(28,29)30)54(70-80(22,23)24)50(67-77(13,14)15)46(64-57)38-60-74(4,5)6/h31-36,45-46,49-50,52-57H,37-38H2,1-30H3/t45-,46-,49-,50-,52+,53+,54+,55+,56-,57-/m1/s1. The van der Waals surface area contributed by atoms with Gasteiger partial charge in [0.15, 0.2) is 72.0 Å². The van der Waals surface area contributed by atoms with Crippen LogP contribution < -0.4 is 19.0 Å². The maximum Gasteiger partial charge on any atom is 0.242 e. The molecule has 468 valence electrons. The Morgan fingerprint density at radius 1 is 0.415 bits per heavy atom. The summed E-state index contributed by atoms with van der Waals surface area (Å²) in [5.74, 6) is 1.74. The molecule has 2 aliphatic heterocycles. The molecule has 0 aliphatic carbocycles. The van der Waals surface area contributed by atoms with E-state index in [1.807, 2.05) is 30.3 Å². The Morgan fingerprint density at radius 3 is 1.22 bits per heavy atom. The molecule has 2 saturated heterocycles. The maximum absolute atomic E-state index is 15.5. The van der Waals surface area contributed by atoms with Gasteiger partial charge in [0, 0.05) is 17.7 Å². The Morgan fingerprint density at radius 2 is 0.805 bits per heavy atom. The molecule has 2 fully saturated rings. The van der Waals surface area contributed by atoms with Crippen LogP contribution in [0.25, 0.3) is 22.3 Å². The number of fused-ring (bicyclic) bond motifs is 1. The molecule has 0 unspecified atom stereocenters. The van der Waals surface area contributed by atoms with Crippen LogP contribution in [0.3, 0.4) is 0 Å². The highest BCUT2D eigenvalue weighted by atomic mass is 28.4. The fourth-order valence-electron chi connectivity index (χ4n) is 9.68. The van der Waals surface area contributed by atoms with Crippen molar-refractivity contribution in [3.05, 3.63) is 52.2 Å². The first-order chi connectivity index (χ1) is 36.7. The summed E-state index contributed by atoms with van der Waals surface area (Å²) in [6.07, 6.45) is -7.32. The van der Waals surface area contributed by atoms with E-state index in [1.54, 1.807) is 6.07 Å². The smallest absolute Gasteiger partial charge is 0.242 e. The van der Waals surface area contributed by atoms with E-state index in [-0.39, 0.29) is 29.6 Å². The highest BCUT2D eigenvalue weighted by Crippen LogP contribution is 2.51. The molecule has 82 heavy (non-hydrogen) atoms. The van der Waals surface area contributed by atoms with Crippen LogP contribution in [-0.4, -0.2) is 152 Å².